The number of hydrogen-bond donors (Lipinski definition) is 0. The van der Waals surface area contributed by atoms with E-state index in [9.17, 15) is 0 Å². The second kappa shape index (κ2) is 5.35. The van der Waals surface area contributed by atoms with E-state index in [4.69, 9.17) is 0 Å². The number of hydrogen-bond acceptors (Lipinski definition) is 0. The van der Waals surface area contributed by atoms with Gasteiger partial charge in [0.1, 0.15) is 0 Å². The summed E-state index contributed by atoms with van der Waals surface area (Å²) in [6.45, 7) is 10.1. The summed E-state index contributed by atoms with van der Waals surface area (Å²) in [7, 11) is 0. The van der Waals surface area contributed by atoms with Crippen LogP contribution in [0.3, 0.4) is 0 Å². The first-order valence-corrected chi connectivity index (χ1v) is 5.26. The minimum Gasteiger partial charge on any atom is -0.0985 e. The first-order chi connectivity index (χ1) is 7.24. The van der Waals surface area contributed by atoms with Crippen LogP contribution in [0.15, 0.2) is 48.6 Å². The van der Waals surface area contributed by atoms with E-state index < -0.39 is 0 Å². The Balaban J connectivity index is 3.62. The van der Waals surface area contributed by atoms with Crippen molar-refractivity contribution in [1.29, 1.82) is 0 Å². The summed E-state index contributed by atoms with van der Waals surface area (Å²) in [5, 5.41) is 2.56. The van der Waals surface area contributed by atoms with E-state index in [1.54, 1.807) is 0 Å². The van der Waals surface area contributed by atoms with E-state index in [-0.39, 0.29) is 0 Å². The molecule has 1 rings (SSSR count). The average Bonchev–Trinajstić information content (AvgIpc) is 2.30. The Morgan fingerprint density at radius 2 is 1.87 bits per heavy atom. The molecule has 0 amide bonds. The van der Waals surface area contributed by atoms with Crippen LogP contribution in [-0.2, 0) is 0 Å². The van der Waals surface area contributed by atoms with Gasteiger partial charge in [0.25, 0.3) is 0 Å². The fourth-order valence-electron chi connectivity index (χ4n) is 1.73. The lowest BCUT2D eigenvalue weighted by atomic mass is 10.0. The van der Waals surface area contributed by atoms with E-state index in [0.29, 0.717) is 0 Å². The van der Waals surface area contributed by atoms with E-state index in [2.05, 4.69) is 56.8 Å². The monoisotopic (exact) mass is 198 g/mol. The Labute approximate surface area is 92.0 Å². The molecule has 1 aromatic carbocycles. The Bertz CT molecular complexity index is 487. The Morgan fingerprint density at radius 1 is 1.20 bits per heavy atom. The molecule has 0 aromatic heterocycles. The van der Waals surface area contributed by atoms with E-state index >= 15 is 0 Å². The molecular weight excluding hydrogens is 180 g/mol. The second-order valence-corrected chi connectivity index (χ2v) is 3.45. The van der Waals surface area contributed by atoms with Crippen molar-refractivity contribution < 1.29 is 0 Å². The summed E-state index contributed by atoms with van der Waals surface area (Å²) in [6, 6.07) is 8.42. The molecule has 0 spiro atoms. The van der Waals surface area contributed by atoms with Gasteiger partial charge in [0, 0.05) is 0 Å². The number of rotatable bonds is 2. The summed E-state index contributed by atoms with van der Waals surface area (Å²) >= 11 is 0. The predicted molar refractivity (Wildman–Crippen MR) is 68.9 cm³/mol. The zero-order chi connectivity index (χ0) is 11.3. The minimum absolute atomic E-state index is 1.20. The summed E-state index contributed by atoms with van der Waals surface area (Å²) < 4.78 is 0. The van der Waals surface area contributed by atoms with Crippen LogP contribution in [0.5, 0.6) is 0 Å². The van der Waals surface area contributed by atoms with Crippen LogP contribution in [0.25, 0.3) is 11.6 Å². The van der Waals surface area contributed by atoms with Crippen molar-refractivity contribution in [2.24, 2.45) is 0 Å². The molecule has 0 unspecified atom stereocenters. The highest BCUT2D eigenvalue weighted by Crippen LogP contribution is 2.08. The van der Waals surface area contributed by atoms with Crippen LogP contribution in [-0.4, -0.2) is 0 Å². The van der Waals surface area contributed by atoms with Crippen LogP contribution in [0.2, 0.25) is 0 Å². The van der Waals surface area contributed by atoms with Crippen LogP contribution < -0.4 is 10.4 Å². The summed E-state index contributed by atoms with van der Waals surface area (Å²) in [5.41, 5.74) is 2.48. The van der Waals surface area contributed by atoms with Crippen molar-refractivity contribution in [1.82, 2.24) is 0 Å². The molecule has 0 heteroatoms. The van der Waals surface area contributed by atoms with Gasteiger partial charge in [0.15, 0.2) is 0 Å². The van der Waals surface area contributed by atoms with Gasteiger partial charge in [-0.3, -0.25) is 0 Å². The Hall–Kier alpha value is -1.56. The molecule has 0 aliphatic carbocycles. The molecular formula is C15H18. The van der Waals surface area contributed by atoms with Gasteiger partial charge in [-0.05, 0) is 42.4 Å². The fourth-order valence-corrected chi connectivity index (χ4v) is 1.73. The minimum atomic E-state index is 1.20. The maximum absolute atomic E-state index is 3.83. The highest BCUT2D eigenvalue weighted by Gasteiger charge is 1.95. The van der Waals surface area contributed by atoms with Crippen LogP contribution >= 0.6 is 0 Å². The lowest BCUT2D eigenvalue weighted by Crippen LogP contribution is -2.25. The quantitative estimate of drug-likeness (QED) is 0.641. The first-order valence-electron chi connectivity index (χ1n) is 5.26. The largest absolute Gasteiger partial charge is 0.0985 e. The van der Waals surface area contributed by atoms with E-state index in [1.807, 2.05) is 13.0 Å². The smallest absolute Gasteiger partial charge is 0.0152 e. The molecule has 0 radical (unpaired) electrons. The van der Waals surface area contributed by atoms with Crippen molar-refractivity contribution in [2.75, 3.05) is 0 Å². The lowest BCUT2D eigenvalue weighted by Gasteiger charge is -2.02. The topological polar surface area (TPSA) is 0 Å². The molecule has 0 nitrogen and oxygen atoms in total. The third kappa shape index (κ3) is 2.47. The van der Waals surface area contributed by atoms with Crippen molar-refractivity contribution >= 4 is 11.6 Å². The highest BCUT2D eigenvalue weighted by molar-refractivity contribution is 5.66. The van der Waals surface area contributed by atoms with Crippen molar-refractivity contribution in [3.05, 3.63) is 59.0 Å². The predicted octanol–water partition coefficient (Wildman–Crippen LogP) is 2.79. The van der Waals surface area contributed by atoms with Gasteiger partial charge in [0.2, 0.25) is 0 Å². The highest BCUT2D eigenvalue weighted by atomic mass is 14.0. The molecule has 0 N–H and O–H groups in total. The van der Waals surface area contributed by atoms with Crippen LogP contribution in [0.4, 0.5) is 0 Å². The standard InChI is InChI=1S/C15H18/c1-5-13(6-2)12(4)15-11-9-8-10-14(15)7-3/h5-11H,1H2,2-4H3/b13-6+,14-7-,15-12+. The number of benzene rings is 1. The van der Waals surface area contributed by atoms with Gasteiger partial charge in [-0.15, -0.1) is 0 Å². The zero-order valence-electron chi connectivity index (χ0n) is 9.75. The molecule has 0 saturated heterocycles. The van der Waals surface area contributed by atoms with Crippen molar-refractivity contribution in [3.8, 4) is 0 Å². The molecule has 0 bridgehead atoms. The van der Waals surface area contributed by atoms with Crippen LogP contribution in [0.1, 0.15) is 20.8 Å². The van der Waals surface area contributed by atoms with Gasteiger partial charge in [-0.1, -0.05) is 49.1 Å². The maximum atomic E-state index is 3.83. The van der Waals surface area contributed by atoms with Gasteiger partial charge < -0.3 is 0 Å². The second-order valence-electron chi connectivity index (χ2n) is 3.45. The zero-order valence-corrected chi connectivity index (χ0v) is 9.75. The first kappa shape index (κ1) is 11.5. The number of allylic oxidation sites excluding steroid dienone is 3. The Morgan fingerprint density at radius 3 is 2.40 bits per heavy atom. The molecule has 0 saturated carbocycles. The average molecular weight is 198 g/mol. The van der Waals surface area contributed by atoms with Gasteiger partial charge >= 0.3 is 0 Å². The summed E-state index contributed by atoms with van der Waals surface area (Å²) in [5.74, 6) is 0. The SMILES string of the molecule is C=CC(=C\C)/C(C)=c1\cccc\c1=C\C. The third-order valence-electron chi connectivity index (χ3n) is 2.64. The molecule has 0 aliphatic rings. The van der Waals surface area contributed by atoms with E-state index in [0.717, 1.165) is 0 Å². The van der Waals surface area contributed by atoms with Crippen LogP contribution in [0, 0.1) is 0 Å². The molecule has 0 fully saturated rings. The summed E-state index contributed by atoms with van der Waals surface area (Å²) in [4.78, 5) is 0. The third-order valence-corrected chi connectivity index (χ3v) is 2.64. The maximum Gasteiger partial charge on any atom is -0.0152 e. The molecule has 1 aromatic rings. The van der Waals surface area contributed by atoms with Gasteiger partial charge in [-0.2, -0.15) is 0 Å². The summed E-state index contributed by atoms with van der Waals surface area (Å²) in [6.07, 6.45) is 6.13. The fraction of sp³-hybridized carbons (Fsp3) is 0.200. The molecule has 0 aliphatic heterocycles. The molecule has 0 atom stereocenters. The van der Waals surface area contributed by atoms with Gasteiger partial charge in [0.05, 0.1) is 0 Å². The molecule has 78 valence electrons. The Kier molecular flexibility index (Phi) is 4.11. The van der Waals surface area contributed by atoms with Crippen molar-refractivity contribution in [2.45, 2.75) is 20.8 Å². The van der Waals surface area contributed by atoms with Crippen molar-refractivity contribution in [3.63, 3.8) is 0 Å². The van der Waals surface area contributed by atoms with Gasteiger partial charge in [-0.25, -0.2) is 0 Å². The normalized spacial score (nSPS) is 15.1. The lowest BCUT2D eigenvalue weighted by molar-refractivity contribution is 1.43. The molecule has 0 heterocycles. The van der Waals surface area contributed by atoms with E-state index in [1.165, 1.54) is 21.6 Å². The molecule has 15 heavy (non-hydrogen) atoms.